The van der Waals surface area contributed by atoms with Gasteiger partial charge in [-0.25, -0.2) is 0 Å². The number of aryl methyl sites for hydroxylation is 3. The fourth-order valence-electron chi connectivity index (χ4n) is 3.48. The molecular formula is C23H29N. The van der Waals surface area contributed by atoms with Gasteiger partial charge in [0.15, 0.2) is 0 Å². The van der Waals surface area contributed by atoms with Crippen molar-refractivity contribution in [2.45, 2.75) is 45.6 Å². The van der Waals surface area contributed by atoms with Gasteiger partial charge in [-0.2, -0.15) is 0 Å². The first kappa shape index (κ1) is 17.0. The van der Waals surface area contributed by atoms with E-state index in [-0.39, 0.29) is 0 Å². The molecule has 126 valence electrons. The molecule has 0 saturated heterocycles. The molecule has 2 aromatic rings. The molecule has 24 heavy (non-hydrogen) atoms. The van der Waals surface area contributed by atoms with E-state index in [0.717, 1.165) is 13.1 Å². The average Bonchev–Trinajstić information content (AvgIpc) is 2.81. The van der Waals surface area contributed by atoms with Crippen molar-refractivity contribution in [1.29, 1.82) is 0 Å². The van der Waals surface area contributed by atoms with Crippen LogP contribution in [0.1, 0.15) is 47.1 Å². The van der Waals surface area contributed by atoms with Gasteiger partial charge in [0.05, 0.1) is 0 Å². The molecular weight excluding hydrogens is 290 g/mol. The second-order valence-corrected chi connectivity index (χ2v) is 7.17. The van der Waals surface area contributed by atoms with Crippen LogP contribution in [0.4, 0.5) is 0 Å². The fourth-order valence-corrected chi connectivity index (χ4v) is 3.48. The van der Waals surface area contributed by atoms with Crippen molar-refractivity contribution in [3.05, 3.63) is 76.4 Å². The van der Waals surface area contributed by atoms with Crippen molar-refractivity contribution in [2.75, 3.05) is 13.6 Å². The summed E-state index contributed by atoms with van der Waals surface area (Å²) in [5.41, 5.74) is 7.21. The van der Waals surface area contributed by atoms with Crippen LogP contribution in [0.2, 0.25) is 0 Å². The molecule has 0 bridgehead atoms. The summed E-state index contributed by atoms with van der Waals surface area (Å²) in [5, 5.41) is 0. The maximum Gasteiger partial charge on any atom is 0.0234 e. The van der Waals surface area contributed by atoms with E-state index in [1.165, 1.54) is 48.8 Å². The van der Waals surface area contributed by atoms with Gasteiger partial charge in [-0.05, 0) is 61.9 Å². The molecule has 0 aliphatic heterocycles. The zero-order valence-electron chi connectivity index (χ0n) is 15.1. The van der Waals surface area contributed by atoms with E-state index in [2.05, 4.69) is 73.5 Å². The summed E-state index contributed by atoms with van der Waals surface area (Å²) in [7, 11) is 2.20. The molecule has 0 N–H and O–H groups in total. The molecule has 1 aliphatic carbocycles. The second kappa shape index (κ2) is 8.30. The van der Waals surface area contributed by atoms with E-state index in [1.807, 2.05) is 0 Å². The van der Waals surface area contributed by atoms with Crippen molar-refractivity contribution in [2.24, 2.45) is 0 Å². The topological polar surface area (TPSA) is 3.24 Å². The molecule has 0 fully saturated rings. The van der Waals surface area contributed by atoms with Crippen LogP contribution in [0.15, 0.2) is 48.5 Å². The van der Waals surface area contributed by atoms with E-state index < -0.39 is 0 Å². The van der Waals surface area contributed by atoms with Crippen LogP contribution < -0.4 is 0 Å². The summed E-state index contributed by atoms with van der Waals surface area (Å²) in [6, 6.07) is 15.8. The van der Waals surface area contributed by atoms with Gasteiger partial charge < -0.3 is 0 Å². The Kier molecular flexibility index (Phi) is 5.87. The minimum absolute atomic E-state index is 0.977. The molecule has 1 nitrogen and oxygen atoms in total. The van der Waals surface area contributed by atoms with Gasteiger partial charge in [0.2, 0.25) is 0 Å². The Hall–Kier alpha value is -1.86. The number of likely N-dealkylation sites (N-methyl/N-ethyl adjacent to an activating group) is 1. The summed E-state index contributed by atoms with van der Waals surface area (Å²) in [6.45, 7) is 4.12. The minimum Gasteiger partial charge on any atom is -0.298 e. The number of benzene rings is 2. The van der Waals surface area contributed by atoms with E-state index in [9.17, 15) is 0 Å². The van der Waals surface area contributed by atoms with Gasteiger partial charge in [0, 0.05) is 13.1 Å². The molecule has 0 spiro atoms. The first-order valence-electron chi connectivity index (χ1n) is 9.23. The monoisotopic (exact) mass is 319 g/mol. The van der Waals surface area contributed by atoms with Crippen LogP contribution in [-0.4, -0.2) is 18.5 Å². The Morgan fingerprint density at radius 2 is 1.67 bits per heavy atom. The molecule has 1 aliphatic rings. The van der Waals surface area contributed by atoms with Crippen molar-refractivity contribution in [3.8, 4) is 0 Å². The normalized spacial score (nSPS) is 14.8. The molecule has 0 saturated carbocycles. The first-order valence-corrected chi connectivity index (χ1v) is 9.23. The van der Waals surface area contributed by atoms with Gasteiger partial charge in [-0.3, -0.25) is 4.90 Å². The lowest BCUT2D eigenvalue weighted by atomic mass is 10.00. The Morgan fingerprint density at radius 3 is 2.46 bits per heavy atom. The zero-order chi connectivity index (χ0) is 16.8. The van der Waals surface area contributed by atoms with Crippen molar-refractivity contribution in [3.63, 3.8) is 0 Å². The Labute approximate surface area is 147 Å². The largest absolute Gasteiger partial charge is 0.298 e. The lowest BCUT2D eigenvalue weighted by molar-refractivity contribution is 0.364. The summed E-state index contributed by atoms with van der Waals surface area (Å²) in [5.74, 6) is 0. The number of fused-ring (bicyclic) bond motifs is 1. The number of rotatable bonds is 5. The minimum atomic E-state index is 0.977. The van der Waals surface area contributed by atoms with Gasteiger partial charge in [0.25, 0.3) is 0 Å². The summed E-state index contributed by atoms with van der Waals surface area (Å²) >= 11 is 0. The predicted molar refractivity (Wildman–Crippen MR) is 104 cm³/mol. The van der Waals surface area contributed by atoms with Crippen molar-refractivity contribution in [1.82, 2.24) is 4.90 Å². The highest BCUT2D eigenvalue weighted by Gasteiger charge is 2.09. The molecule has 0 aromatic heterocycles. The van der Waals surface area contributed by atoms with E-state index in [0.29, 0.717) is 0 Å². The molecule has 0 atom stereocenters. The third-order valence-electron chi connectivity index (χ3n) is 4.92. The lowest BCUT2D eigenvalue weighted by Gasteiger charge is -2.16. The molecule has 0 unspecified atom stereocenters. The van der Waals surface area contributed by atoms with Gasteiger partial charge >= 0.3 is 0 Å². The number of hydrogen-bond donors (Lipinski definition) is 0. The van der Waals surface area contributed by atoms with Crippen molar-refractivity contribution < 1.29 is 0 Å². The lowest BCUT2D eigenvalue weighted by Crippen LogP contribution is -2.17. The molecule has 1 heteroatoms. The SMILES string of the molecule is Cc1ccc(C=CCN(C)Cc2ccc3c(c2)CCCCC3)cc1. The van der Waals surface area contributed by atoms with Crippen molar-refractivity contribution >= 4 is 6.08 Å². The summed E-state index contributed by atoms with van der Waals surface area (Å²) < 4.78 is 0. The summed E-state index contributed by atoms with van der Waals surface area (Å²) in [4.78, 5) is 2.38. The molecule has 0 amide bonds. The zero-order valence-corrected chi connectivity index (χ0v) is 15.1. The second-order valence-electron chi connectivity index (χ2n) is 7.17. The first-order chi connectivity index (χ1) is 11.7. The highest BCUT2D eigenvalue weighted by molar-refractivity contribution is 5.49. The quantitative estimate of drug-likeness (QED) is 0.666. The standard InChI is InChI=1S/C23H29N/c1-19-10-12-20(13-11-19)7-6-16-24(2)18-21-14-15-22-8-4-3-5-9-23(22)17-21/h6-7,10-15,17H,3-5,8-9,16,18H2,1-2H3. The fraction of sp³-hybridized carbons (Fsp3) is 0.391. The van der Waals surface area contributed by atoms with Gasteiger partial charge in [-0.15, -0.1) is 0 Å². The van der Waals surface area contributed by atoms with E-state index in [4.69, 9.17) is 0 Å². The third-order valence-corrected chi connectivity index (χ3v) is 4.92. The Morgan fingerprint density at radius 1 is 0.917 bits per heavy atom. The Balaban J connectivity index is 1.55. The maximum atomic E-state index is 2.45. The van der Waals surface area contributed by atoms with Gasteiger partial charge in [-0.1, -0.05) is 66.6 Å². The smallest absolute Gasteiger partial charge is 0.0234 e. The average molecular weight is 319 g/mol. The number of hydrogen-bond acceptors (Lipinski definition) is 1. The predicted octanol–water partition coefficient (Wildman–Crippen LogP) is 5.41. The highest BCUT2D eigenvalue weighted by atomic mass is 15.1. The summed E-state index contributed by atoms with van der Waals surface area (Å²) in [6.07, 6.45) is 11.1. The van der Waals surface area contributed by atoms with Crippen LogP contribution in [0, 0.1) is 6.92 Å². The molecule has 3 rings (SSSR count). The van der Waals surface area contributed by atoms with Crippen LogP contribution in [0.3, 0.4) is 0 Å². The molecule has 0 heterocycles. The Bertz CT molecular complexity index is 682. The van der Waals surface area contributed by atoms with Crippen LogP contribution in [-0.2, 0) is 19.4 Å². The van der Waals surface area contributed by atoms with E-state index >= 15 is 0 Å². The molecule has 0 radical (unpaired) electrons. The maximum absolute atomic E-state index is 2.45. The third kappa shape index (κ3) is 4.82. The highest BCUT2D eigenvalue weighted by Crippen LogP contribution is 2.22. The molecule has 2 aromatic carbocycles. The van der Waals surface area contributed by atoms with Gasteiger partial charge in [0.1, 0.15) is 0 Å². The number of nitrogens with zero attached hydrogens (tertiary/aromatic N) is 1. The van der Waals surface area contributed by atoms with E-state index in [1.54, 1.807) is 11.1 Å². The van der Waals surface area contributed by atoms with Crippen LogP contribution in [0.25, 0.3) is 6.08 Å². The van der Waals surface area contributed by atoms with Crippen LogP contribution >= 0.6 is 0 Å². The van der Waals surface area contributed by atoms with Crippen LogP contribution in [0.5, 0.6) is 0 Å².